The fraction of sp³-hybridized carbons (Fsp3) is 0.522. The quantitative estimate of drug-likeness (QED) is 0.674. The number of piperidine rings is 1. The van der Waals surface area contributed by atoms with Gasteiger partial charge in [-0.25, -0.2) is 0 Å². The Labute approximate surface area is 177 Å². The van der Waals surface area contributed by atoms with Gasteiger partial charge in [-0.2, -0.15) is 0 Å². The summed E-state index contributed by atoms with van der Waals surface area (Å²) in [7, 11) is 1.75. The number of ketones is 1. The first kappa shape index (κ1) is 20.4. The van der Waals surface area contributed by atoms with E-state index >= 15 is 0 Å². The Morgan fingerprint density at radius 3 is 2.69 bits per heavy atom. The number of benzene rings is 1. The lowest BCUT2D eigenvalue weighted by Gasteiger charge is -2.44. The number of anilines is 1. The fourth-order valence-corrected chi connectivity index (χ4v) is 5.40. The molecular weight excluding hydrogens is 382 g/mol. The highest BCUT2D eigenvalue weighted by Gasteiger charge is 2.29. The molecule has 4 rings (SSSR count). The molecule has 6 heteroatoms. The summed E-state index contributed by atoms with van der Waals surface area (Å²) in [6.07, 6.45) is 2.54. The third kappa shape index (κ3) is 4.82. The number of carbonyl (C=O) groups is 1. The number of ether oxygens (including phenoxy) is 1. The molecule has 156 valence electrons. The zero-order valence-corrected chi connectivity index (χ0v) is 18.3. The Balaban J connectivity index is 1.32. The van der Waals surface area contributed by atoms with E-state index in [4.69, 9.17) is 4.74 Å². The summed E-state index contributed by atoms with van der Waals surface area (Å²) in [6.45, 7) is 9.18. The maximum absolute atomic E-state index is 11.6. The van der Waals surface area contributed by atoms with Crippen LogP contribution in [-0.4, -0.2) is 68.0 Å². The number of nitrogens with zero attached hydrogens (tertiary/aromatic N) is 3. The molecule has 2 aliphatic heterocycles. The molecule has 0 spiro atoms. The number of thiophene rings is 1. The van der Waals surface area contributed by atoms with E-state index in [1.807, 2.05) is 12.1 Å². The van der Waals surface area contributed by atoms with Crippen molar-refractivity contribution in [2.24, 2.45) is 0 Å². The Morgan fingerprint density at radius 1 is 1.17 bits per heavy atom. The van der Waals surface area contributed by atoms with Crippen molar-refractivity contribution in [1.82, 2.24) is 9.80 Å². The number of likely N-dealkylation sites (tertiary alicyclic amines) is 1. The summed E-state index contributed by atoms with van der Waals surface area (Å²) < 4.78 is 5.55. The first-order chi connectivity index (χ1) is 14.1. The van der Waals surface area contributed by atoms with E-state index in [1.54, 1.807) is 25.4 Å². The van der Waals surface area contributed by atoms with E-state index in [2.05, 4.69) is 38.3 Å². The molecule has 0 saturated carbocycles. The lowest BCUT2D eigenvalue weighted by molar-refractivity contribution is 0.0887. The molecule has 2 fully saturated rings. The zero-order chi connectivity index (χ0) is 20.2. The molecular formula is C23H31N3O2S. The Kier molecular flexibility index (Phi) is 6.53. The molecule has 29 heavy (non-hydrogen) atoms. The molecule has 2 aliphatic rings. The molecule has 1 aromatic heterocycles. The van der Waals surface area contributed by atoms with Crippen LogP contribution >= 0.6 is 11.3 Å². The third-order valence-electron chi connectivity index (χ3n) is 6.14. The molecule has 0 aliphatic carbocycles. The van der Waals surface area contributed by atoms with Crippen LogP contribution in [0.3, 0.4) is 0 Å². The van der Waals surface area contributed by atoms with Gasteiger partial charge >= 0.3 is 0 Å². The molecule has 1 atom stereocenters. The zero-order valence-electron chi connectivity index (χ0n) is 17.5. The monoisotopic (exact) mass is 413 g/mol. The molecule has 0 amide bonds. The maximum atomic E-state index is 11.6. The van der Waals surface area contributed by atoms with Crippen LogP contribution in [0.2, 0.25) is 0 Å². The number of rotatable bonds is 6. The number of hydrogen-bond acceptors (Lipinski definition) is 6. The van der Waals surface area contributed by atoms with Crippen LogP contribution in [0.1, 0.15) is 35.0 Å². The highest BCUT2D eigenvalue weighted by Crippen LogP contribution is 2.29. The first-order valence-electron chi connectivity index (χ1n) is 10.6. The average Bonchev–Trinajstić information content (AvgIpc) is 3.23. The highest BCUT2D eigenvalue weighted by molar-refractivity contribution is 7.12. The average molecular weight is 414 g/mol. The lowest BCUT2D eigenvalue weighted by Crippen LogP contribution is -2.55. The highest BCUT2D eigenvalue weighted by atomic mass is 32.1. The van der Waals surface area contributed by atoms with Crippen molar-refractivity contribution >= 4 is 22.8 Å². The van der Waals surface area contributed by atoms with Crippen LogP contribution in [0.25, 0.3) is 0 Å². The molecule has 0 bridgehead atoms. The van der Waals surface area contributed by atoms with Crippen LogP contribution in [0.4, 0.5) is 5.69 Å². The number of hydrogen-bond donors (Lipinski definition) is 0. The van der Waals surface area contributed by atoms with Crippen LogP contribution in [0.15, 0.2) is 35.7 Å². The SMILES string of the molecule is COc1ccccc1N1CCN(C2CCCN(Cc3csc(C(C)=O)c3)C2)CC1. The molecule has 1 aromatic carbocycles. The smallest absolute Gasteiger partial charge is 0.169 e. The molecule has 0 radical (unpaired) electrons. The summed E-state index contributed by atoms with van der Waals surface area (Å²) in [5.74, 6) is 1.14. The van der Waals surface area contributed by atoms with Gasteiger partial charge in [0, 0.05) is 45.3 Å². The Morgan fingerprint density at radius 2 is 1.97 bits per heavy atom. The number of carbonyl (C=O) groups excluding carboxylic acids is 1. The third-order valence-corrected chi connectivity index (χ3v) is 7.22. The van der Waals surface area contributed by atoms with E-state index in [1.165, 1.54) is 24.1 Å². The van der Waals surface area contributed by atoms with Gasteiger partial charge in [0.15, 0.2) is 5.78 Å². The van der Waals surface area contributed by atoms with Crippen molar-refractivity contribution in [2.75, 3.05) is 51.3 Å². The number of methoxy groups -OCH3 is 1. The van der Waals surface area contributed by atoms with Gasteiger partial charge in [-0.1, -0.05) is 12.1 Å². The predicted molar refractivity (Wildman–Crippen MR) is 119 cm³/mol. The first-order valence-corrected chi connectivity index (χ1v) is 11.4. The molecule has 3 heterocycles. The van der Waals surface area contributed by atoms with Crippen LogP contribution in [-0.2, 0) is 6.54 Å². The summed E-state index contributed by atoms with van der Waals surface area (Å²) in [5, 5.41) is 2.15. The predicted octanol–water partition coefficient (Wildman–Crippen LogP) is 3.75. The van der Waals surface area contributed by atoms with E-state index < -0.39 is 0 Å². The minimum atomic E-state index is 0.172. The number of piperazine rings is 1. The molecule has 5 nitrogen and oxygen atoms in total. The number of Topliss-reactive ketones (excluding diaryl/α,β-unsaturated/α-hetero) is 1. The lowest BCUT2D eigenvalue weighted by atomic mass is 10.0. The van der Waals surface area contributed by atoms with Crippen molar-refractivity contribution in [3.63, 3.8) is 0 Å². The van der Waals surface area contributed by atoms with Gasteiger partial charge < -0.3 is 9.64 Å². The summed E-state index contributed by atoms with van der Waals surface area (Å²) >= 11 is 1.57. The Bertz CT molecular complexity index is 829. The minimum absolute atomic E-state index is 0.172. The summed E-state index contributed by atoms with van der Waals surface area (Å²) in [6, 6.07) is 11.0. The molecule has 0 N–H and O–H groups in total. The van der Waals surface area contributed by atoms with E-state index in [0.717, 1.165) is 56.4 Å². The normalized spacial score (nSPS) is 21.3. The fourth-order valence-electron chi connectivity index (χ4n) is 4.59. The van der Waals surface area contributed by atoms with Crippen LogP contribution < -0.4 is 9.64 Å². The molecule has 2 saturated heterocycles. The largest absolute Gasteiger partial charge is 0.495 e. The second-order valence-electron chi connectivity index (χ2n) is 8.10. The van der Waals surface area contributed by atoms with Gasteiger partial charge in [-0.15, -0.1) is 11.3 Å². The van der Waals surface area contributed by atoms with Crippen molar-refractivity contribution in [2.45, 2.75) is 32.4 Å². The van der Waals surface area contributed by atoms with Crippen LogP contribution in [0.5, 0.6) is 5.75 Å². The van der Waals surface area contributed by atoms with Crippen molar-refractivity contribution in [1.29, 1.82) is 0 Å². The van der Waals surface area contributed by atoms with Gasteiger partial charge in [0.05, 0.1) is 17.7 Å². The standard InChI is InChI=1S/C23H31N3O2S/c1-18(27)23-14-19(17-29-23)15-24-9-5-6-20(16-24)25-10-12-26(13-11-25)21-7-3-4-8-22(21)28-2/h3-4,7-8,14,17,20H,5-6,9-13,15-16H2,1-2H3. The van der Waals surface area contributed by atoms with Gasteiger partial charge in [0.2, 0.25) is 0 Å². The number of para-hydroxylation sites is 2. The van der Waals surface area contributed by atoms with E-state index in [0.29, 0.717) is 6.04 Å². The Hall–Kier alpha value is -1.89. The molecule has 1 unspecified atom stereocenters. The minimum Gasteiger partial charge on any atom is -0.495 e. The van der Waals surface area contributed by atoms with Crippen molar-refractivity contribution < 1.29 is 9.53 Å². The van der Waals surface area contributed by atoms with Gasteiger partial charge in [-0.3, -0.25) is 14.6 Å². The second-order valence-corrected chi connectivity index (χ2v) is 9.01. The van der Waals surface area contributed by atoms with E-state index in [-0.39, 0.29) is 5.78 Å². The van der Waals surface area contributed by atoms with Crippen molar-refractivity contribution in [3.8, 4) is 5.75 Å². The maximum Gasteiger partial charge on any atom is 0.169 e. The van der Waals surface area contributed by atoms with Gasteiger partial charge in [0.25, 0.3) is 0 Å². The summed E-state index contributed by atoms with van der Waals surface area (Å²) in [4.78, 5) is 20.1. The van der Waals surface area contributed by atoms with Crippen LogP contribution in [0, 0.1) is 0 Å². The van der Waals surface area contributed by atoms with E-state index in [9.17, 15) is 4.79 Å². The molecule has 2 aromatic rings. The van der Waals surface area contributed by atoms with Crippen molar-refractivity contribution in [3.05, 3.63) is 46.2 Å². The van der Waals surface area contributed by atoms with Gasteiger partial charge in [-0.05, 0) is 55.5 Å². The van der Waals surface area contributed by atoms with Gasteiger partial charge in [0.1, 0.15) is 5.75 Å². The topological polar surface area (TPSA) is 36.0 Å². The second kappa shape index (κ2) is 9.28. The summed E-state index contributed by atoms with van der Waals surface area (Å²) in [5.41, 5.74) is 2.49.